The smallest absolute Gasteiger partial charge is 0.261 e. The van der Waals surface area contributed by atoms with Crippen LogP contribution < -0.4 is 5.32 Å². The highest BCUT2D eigenvalue weighted by Gasteiger charge is 2.34. The fourth-order valence-electron chi connectivity index (χ4n) is 2.53. The van der Waals surface area contributed by atoms with E-state index in [0.717, 1.165) is 12.8 Å². The molecule has 3 amide bonds. The number of hydrogen-bond donors (Lipinski definition) is 1. The summed E-state index contributed by atoms with van der Waals surface area (Å²) in [5.74, 6) is -0.602. The highest BCUT2D eigenvalue weighted by molar-refractivity contribution is 6.21. The average Bonchev–Trinajstić information content (AvgIpc) is 2.80. The number of amides is 3. The van der Waals surface area contributed by atoms with Gasteiger partial charge in [-0.25, -0.2) is 0 Å². The van der Waals surface area contributed by atoms with Crippen LogP contribution in [0.4, 0.5) is 0 Å². The van der Waals surface area contributed by atoms with Crippen LogP contribution in [0.5, 0.6) is 0 Å². The fraction of sp³-hybridized carbons (Fsp3) is 0.471. The van der Waals surface area contributed by atoms with E-state index >= 15 is 0 Å². The number of rotatable bonds is 9. The molecule has 1 aromatic carbocycles. The second-order valence-electron chi connectivity index (χ2n) is 5.46. The molecule has 0 bridgehead atoms. The van der Waals surface area contributed by atoms with Gasteiger partial charge >= 0.3 is 0 Å². The molecule has 124 valence electrons. The van der Waals surface area contributed by atoms with E-state index in [9.17, 15) is 14.4 Å². The maximum Gasteiger partial charge on any atom is 0.261 e. The number of carbonyl (C=O) groups excluding carboxylic acids is 3. The molecular weight excluding hydrogens is 296 g/mol. The molecular formula is C17H22N2O4. The van der Waals surface area contributed by atoms with E-state index in [1.165, 1.54) is 4.90 Å². The first-order valence-corrected chi connectivity index (χ1v) is 7.86. The van der Waals surface area contributed by atoms with Crippen molar-refractivity contribution >= 4 is 17.7 Å². The molecule has 0 saturated heterocycles. The molecule has 1 N–H and O–H groups in total. The molecule has 1 aromatic rings. The molecule has 1 aliphatic rings. The van der Waals surface area contributed by atoms with Crippen LogP contribution in [0.15, 0.2) is 24.3 Å². The van der Waals surface area contributed by atoms with Crippen molar-refractivity contribution in [1.82, 2.24) is 10.2 Å². The molecule has 2 rings (SSSR count). The van der Waals surface area contributed by atoms with Gasteiger partial charge in [0, 0.05) is 33.2 Å². The van der Waals surface area contributed by atoms with E-state index in [4.69, 9.17) is 4.74 Å². The lowest BCUT2D eigenvalue weighted by Gasteiger charge is -2.13. The molecule has 1 aliphatic heterocycles. The van der Waals surface area contributed by atoms with Crippen molar-refractivity contribution < 1.29 is 19.1 Å². The Balaban J connectivity index is 1.70. The van der Waals surface area contributed by atoms with Gasteiger partial charge in [-0.1, -0.05) is 12.1 Å². The van der Waals surface area contributed by atoms with Crippen LogP contribution in [0.3, 0.4) is 0 Å². The van der Waals surface area contributed by atoms with Crippen molar-refractivity contribution in [2.24, 2.45) is 0 Å². The monoisotopic (exact) mass is 318 g/mol. The number of fused-ring (bicyclic) bond motifs is 1. The number of benzene rings is 1. The molecule has 6 nitrogen and oxygen atoms in total. The second-order valence-corrected chi connectivity index (χ2v) is 5.46. The summed E-state index contributed by atoms with van der Waals surface area (Å²) in [7, 11) is 1.65. The van der Waals surface area contributed by atoms with Crippen LogP contribution in [-0.4, -0.2) is 49.4 Å². The molecule has 1 heterocycles. The topological polar surface area (TPSA) is 75.7 Å². The summed E-state index contributed by atoms with van der Waals surface area (Å²) < 4.78 is 4.94. The van der Waals surface area contributed by atoms with Gasteiger partial charge in [-0.05, 0) is 31.4 Å². The van der Waals surface area contributed by atoms with Gasteiger partial charge in [-0.15, -0.1) is 0 Å². The Hall–Kier alpha value is -2.21. The van der Waals surface area contributed by atoms with Crippen molar-refractivity contribution in [3.63, 3.8) is 0 Å². The van der Waals surface area contributed by atoms with Crippen molar-refractivity contribution in [3.05, 3.63) is 35.4 Å². The summed E-state index contributed by atoms with van der Waals surface area (Å²) >= 11 is 0. The minimum atomic E-state index is -0.273. The third-order valence-corrected chi connectivity index (χ3v) is 3.76. The Kier molecular flexibility index (Phi) is 6.29. The normalized spacial score (nSPS) is 13.3. The maximum absolute atomic E-state index is 12.1. The summed E-state index contributed by atoms with van der Waals surface area (Å²) in [5, 5.41) is 2.82. The van der Waals surface area contributed by atoms with Crippen molar-refractivity contribution in [3.8, 4) is 0 Å². The van der Waals surface area contributed by atoms with Gasteiger partial charge in [0.2, 0.25) is 5.91 Å². The van der Waals surface area contributed by atoms with E-state index in [-0.39, 0.29) is 24.3 Å². The van der Waals surface area contributed by atoms with Gasteiger partial charge in [0.1, 0.15) is 0 Å². The van der Waals surface area contributed by atoms with Crippen LogP contribution in [0, 0.1) is 0 Å². The van der Waals surface area contributed by atoms with E-state index in [1.54, 1.807) is 31.4 Å². The number of unbranched alkanes of at least 4 members (excludes halogenated alkanes) is 1. The summed E-state index contributed by atoms with van der Waals surface area (Å²) in [6.07, 6.45) is 2.55. The molecule has 0 radical (unpaired) electrons. The van der Waals surface area contributed by atoms with Crippen LogP contribution in [0.1, 0.15) is 46.4 Å². The number of nitrogens with one attached hydrogen (secondary N) is 1. The zero-order chi connectivity index (χ0) is 16.7. The Labute approximate surface area is 135 Å². The molecule has 0 saturated carbocycles. The highest BCUT2D eigenvalue weighted by atomic mass is 16.5. The molecule has 0 spiro atoms. The van der Waals surface area contributed by atoms with Gasteiger partial charge in [0.25, 0.3) is 11.8 Å². The van der Waals surface area contributed by atoms with Gasteiger partial charge in [-0.3, -0.25) is 19.3 Å². The number of carbonyl (C=O) groups is 3. The summed E-state index contributed by atoms with van der Waals surface area (Å²) in [6.45, 7) is 1.58. The number of nitrogens with zero attached hydrogens (tertiary/aromatic N) is 1. The van der Waals surface area contributed by atoms with Gasteiger partial charge in [0.15, 0.2) is 0 Å². The number of hydrogen-bond acceptors (Lipinski definition) is 4. The van der Waals surface area contributed by atoms with Crippen molar-refractivity contribution in [2.75, 3.05) is 26.8 Å². The summed E-state index contributed by atoms with van der Waals surface area (Å²) in [5.41, 5.74) is 0.889. The minimum Gasteiger partial charge on any atom is -0.385 e. The first-order valence-electron chi connectivity index (χ1n) is 7.86. The molecule has 0 fully saturated rings. The Morgan fingerprint density at radius 3 is 2.35 bits per heavy atom. The largest absolute Gasteiger partial charge is 0.385 e. The van der Waals surface area contributed by atoms with Crippen LogP contribution in [0.2, 0.25) is 0 Å². The molecule has 0 aliphatic carbocycles. The SMILES string of the molecule is COCCCCNC(=O)CCCN1C(=O)c2ccccc2C1=O. The lowest BCUT2D eigenvalue weighted by Crippen LogP contribution is -2.32. The highest BCUT2D eigenvalue weighted by Crippen LogP contribution is 2.22. The molecule has 0 atom stereocenters. The fourth-order valence-corrected chi connectivity index (χ4v) is 2.53. The molecule has 23 heavy (non-hydrogen) atoms. The van der Waals surface area contributed by atoms with E-state index in [1.807, 2.05) is 0 Å². The van der Waals surface area contributed by atoms with Crippen LogP contribution >= 0.6 is 0 Å². The van der Waals surface area contributed by atoms with Gasteiger partial charge < -0.3 is 10.1 Å². The predicted molar refractivity (Wildman–Crippen MR) is 85.2 cm³/mol. The minimum absolute atomic E-state index is 0.0565. The standard InChI is InChI=1S/C17H22N2O4/c1-23-12-5-4-10-18-15(20)9-6-11-19-16(21)13-7-2-3-8-14(13)17(19)22/h2-3,7-8H,4-6,9-12H2,1H3,(H,18,20). The Bertz CT molecular complexity index is 551. The number of ether oxygens (including phenoxy) is 1. The third-order valence-electron chi connectivity index (χ3n) is 3.76. The molecule has 0 aromatic heterocycles. The first kappa shape index (κ1) is 17.1. The lowest BCUT2D eigenvalue weighted by molar-refractivity contribution is -0.121. The van der Waals surface area contributed by atoms with E-state index < -0.39 is 0 Å². The van der Waals surface area contributed by atoms with E-state index in [2.05, 4.69) is 5.32 Å². The first-order chi connectivity index (χ1) is 11.1. The Morgan fingerprint density at radius 1 is 1.09 bits per heavy atom. The van der Waals surface area contributed by atoms with Crippen LogP contribution in [-0.2, 0) is 9.53 Å². The summed E-state index contributed by atoms with van der Waals surface area (Å²) in [4.78, 5) is 37.2. The molecule has 6 heteroatoms. The summed E-state index contributed by atoms with van der Waals surface area (Å²) in [6, 6.07) is 6.79. The van der Waals surface area contributed by atoms with Crippen LogP contribution in [0.25, 0.3) is 0 Å². The predicted octanol–water partition coefficient (Wildman–Crippen LogP) is 1.61. The van der Waals surface area contributed by atoms with E-state index in [0.29, 0.717) is 37.1 Å². The maximum atomic E-state index is 12.1. The zero-order valence-electron chi connectivity index (χ0n) is 13.3. The Morgan fingerprint density at radius 2 is 1.74 bits per heavy atom. The van der Waals surface area contributed by atoms with Crippen molar-refractivity contribution in [1.29, 1.82) is 0 Å². The number of imide groups is 1. The quantitative estimate of drug-likeness (QED) is 0.554. The molecule has 0 unspecified atom stereocenters. The number of methoxy groups -OCH3 is 1. The van der Waals surface area contributed by atoms with Gasteiger partial charge in [-0.2, -0.15) is 0 Å². The van der Waals surface area contributed by atoms with Gasteiger partial charge in [0.05, 0.1) is 11.1 Å². The lowest BCUT2D eigenvalue weighted by atomic mass is 10.1. The van der Waals surface area contributed by atoms with Crippen molar-refractivity contribution in [2.45, 2.75) is 25.7 Å². The zero-order valence-corrected chi connectivity index (χ0v) is 13.3. The average molecular weight is 318 g/mol. The second kappa shape index (κ2) is 8.43. The third kappa shape index (κ3) is 4.39.